The van der Waals surface area contributed by atoms with Gasteiger partial charge in [0.05, 0.1) is 13.6 Å². The molecule has 2 rings (SSSR count). The zero-order chi connectivity index (χ0) is 18.8. The van der Waals surface area contributed by atoms with Gasteiger partial charge in [-0.25, -0.2) is 9.28 Å². The number of aliphatic imine (C=N–C) groups is 1. The maximum atomic E-state index is 12.2. The predicted octanol–water partition coefficient (Wildman–Crippen LogP) is 1.41. The van der Waals surface area contributed by atoms with Crippen LogP contribution in [0.3, 0.4) is 0 Å². The van der Waals surface area contributed by atoms with Gasteiger partial charge in [0.1, 0.15) is 0 Å². The topological polar surface area (TPSA) is 90.3 Å². The van der Waals surface area contributed by atoms with Crippen LogP contribution in [0.4, 0.5) is 11.5 Å². The molecular formula is C18H30N4O3. The number of rotatable bonds is 8. The molecule has 0 bridgehead atoms. The fourth-order valence-electron chi connectivity index (χ4n) is 3.40. The van der Waals surface area contributed by atoms with Gasteiger partial charge in [0.25, 0.3) is 0 Å². The zero-order valence-electron chi connectivity index (χ0n) is 16.0. The molecule has 2 heterocycles. The summed E-state index contributed by atoms with van der Waals surface area (Å²) in [4.78, 5) is 30.6. The summed E-state index contributed by atoms with van der Waals surface area (Å²) in [5.74, 6) is 0.994. The Morgan fingerprint density at radius 3 is 2.60 bits per heavy atom. The molecule has 1 aromatic heterocycles. The van der Waals surface area contributed by atoms with Crippen molar-refractivity contribution in [3.05, 3.63) is 20.8 Å². The van der Waals surface area contributed by atoms with Crippen LogP contribution in [-0.2, 0) is 7.05 Å². The SMILES string of the molecule is CC(CCCC(C)(C)[O-])CCC[N+]1(C)C=Nc2c1c(=O)[nH]c(=O)n2C. The standard InChI is InChI=1S/C18H30N4O3/c1-13(8-6-10-18(2,3)25)9-7-11-22(5)12-19-15-14(22)16(23)20-17(24)21(15)4/h12-13H,6-11H2,1-5H3,(H,20,23,24). The van der Waals surface area contributed by atoms with Gasteiger partial charge in [0.15, 0.2) is 6.34 Å². The first kappa shape index (κ1) is 19.6. The average molecular weight is 350 g/mol. The van der Waals surface area contributed by atoms with Crippen LogP contribution in [0.5, 0.6) is 0 Å². The maximum absolute atomic E-state index is 12.2. The number of hydrogen-bond acceptors (Lipinski definition) is 4. The van der Waals surface area contributed by atoms with Gasteiger partial charge in [-0.05, 0) is 18.8 Å². The Kier molecular flexibility index (Phi) is 5.68. The van der Waals surface area contributed by atoms with Crippen molar-refractivity contribution < 1.29 is 5.11 Å². The smallest absolute Gasteiger partial charge is 0.330 e. The van der Waals surface area contributed by atoms with Crippen LogP contribution in [-0.4, -0.2) is 35.1 Å². The van der Waals surface area contributed by atoms with Crippen LogP contribution in [0.15, 0.2) is 14.6 Å². The number of H-pyrrole nitrogens is 1. The van der Waals surface area contributed by atoms with E-state index in [9.17, 15) is 14.7 Å². The molecule has 0 saturated carbocycles. The molecule has 2 unspecified atom stereocenters. The minimum atomic E-state index is -0.842. The van der Waals surface area contributed by atoms with Crippen molar-refractivity contribution in [3.8, 4) is 0 Å². The molecule has 7 nitrogen and oxygen atoms in total. The van der Waals surface area contributed by atoms with E-state index in [0.29, 0.717) is 28.3 Å². The zero-order valence-corrected chi connectivity index (χ0v) is 16.0. The molecule has 2 atom stereocenters. The summed E-state index contributed by atoms with van der Waals surface area (Å²) in [6.07, 6.45) is 6.44. The lowest BCUT2D eigenvalue weighted by atomic mass is 9.94. The maximum Gasteiger partial charge on any atom is 0.330 e. The quantitative estimate of drug-likeness (QED) is 0.719. The predicted molar refractivity (Wildman–Crippen MR) is 99.4 cm³/mol. The number of nitrogens with one attached hydrogen (secondary N) is 1. The van der Waals surface area contributed by atoms with Gasteiger partial charge in [0.2, 0.25) is 11.5 Å². The van der Waals surface area contributed by atoms with Gasteiger partial charge in [-0.15, -0.1) is 5.60 Å². The molecule has 1 aliphatic heterocycles. The number of aromatic nitrogens is 2. The van der Waals surface area contributed by atoms with Crippen LogP contribution in [0.2, 0.25) is 0 Å². The highest BCUT2D eigenvalue weighted by atomic mass is 16.3. The summed E-state index contributed by atoms with van der Waals surface area (Å²) in [7, 11) is 3.56. The normalized spacial score (nSPS) is 20.7. The van der Waals surface area contributed by atoms with E-state index in [-0.39, 0.29) is 5.56 Å². The third kappa shape index (κ3) is 4.67. The van der Waals surface area contributed by atoms with Gasteiger partial charge in [-0.1, -0.05) is 40.0 Å². The van der Waals surface area contributed by atoms with Gasteiger partial charge < -0.3 is 5.11 Å². The fourth-order valence-corrected chi connectivity index (χ4v) is 3.40. The van der Waals surface area contributed by atoms with Gasteiger partial charge in [-0.2, -0.15) is 4.99 Å². The Morgan fingerprint density at radius 1 is 1.32 bits per heavy atom. The summed E-state index contributed by atoms with van der Waals surface area (Å²) in [6, 6.07) is 0. The first-order valence-corrected chi connectivity index (χ1v) is 8.98. The molecule has 140 valence electrons. The number of aromatic amines is 1. The van der Waals surface area contributed by atoms with E-state index in [2.05, 4.69) is 16.9 Å². The molecule has 1 aromatic rings. The highest BCUT2D eigenvalue weighted by molar-refractivity contribution is 5.86. The summed E-state index contributed by atoms with van der Waals surface area (Å²) in [6.45, 7) is 6.44. The summed E-state index contributed by atoms with van der Waals surface area (Å²) in [5, 5.41) is 11.6. The Balaban J connectivity index is 1.93. The molecule has 0 amide bonds. The van der Waals surface area contributed by atoms with Crippen LogP contribution in [0.1, 0.15) is 52.9 Å². The third-order valence-electron chi connectivity index (χ3n) is 5.01. The monoisotopic (exact) mass is 350 g/mol. The Bertz CT molecular complexity index is 757. The minimum Gasteiger partial charge on any atom is -0.850 e. The molecule has 25 heavy (non-hydrogen) atoms. The first-order chi connectivity index (χ1) is 11.5. The van der Waals surface area contributed by atoms with E-state index in [4.69, 9.17) is 0 Å². The summed E-state index contributed by atoms with van der Waals surface area (Å²) in [5.41, 5.74) is -1.11. The minimum absolute atomic E-state index is 0.319. The molecule has 0 aromatic carbocycles. The van der Waals surface area contributed by atoms with Crippen molar-refractivity contribution >= 4 is 17.8 Å². The number of quaternary nitrogens is 1. The number of hydrogen-bond donors (Lipinski definition) is 1. The van der Waals surface area contributed by atoms with Crippen LogP contribution in [0, 0.1) is 5.92 Å². The summed E-state index contributed by atoms with van der Waals surface area (Å²) >= 11 is 0. The van der Waals surface area contributed by atoms with E-state index in [1.165, 1.54) is 4.57 Å². The Morgan fingerprint density at radius 2 is 1.96 bits per heavy atom. The second-order valence-corrected chi connectivity index (χ2v) is 8.13. The average Bonchev–Trinajstić information content (AvgIpc) is 2.82. The Hall–Kier alpha value is -1.73. The molecule has 7 heteroatoms. The highest BCUT2D eigenvalue weighted by Crippen LogP contribution is 2.32. The molecule has 0 radical (unpaired) electrons. The molecule has 0 spiro atoms. The molecule has 1 N–H and O–H groups in total. The van der Waals surface area contributed by atoms with E-state index in [0.717, 1.165) is 32.2 Å². The van der Waals surface area contributed by atoms with Gasteiger partial charge >= 0.3 is 11.2 Å². The van der Waals surface area contributed by atoms with Gasteiger partial charge in [0, 0.05) is 7.05 Å². The summed E-state index contributed by atoms with van der Waals surface area (Å²) < 4.78 is 1.70. The van der Waals surface area contributed by atoms with Crippen molar-refractivity contribution in [1.82, 2.24) is 14.0 Å². The lowest BCUT2D eigenvalue weighted by Gasteiger charge is -2.31. The van der Waals surface area contributed by atoms with Crippen molar-refractivity contribution in [2.24, 2.45) is 18.0 Å². The van der Waals surface area contributed by atoms with Gasteiger partial charge in [-0.3, -0.25) is 14.3 Å². The fraction of sp³-hybridized carbons (Fsp3) is 0.722. The van der Waals surface area contributed by atoms with E-state index in [1.807, 2.05) is 7.05 Å². The van der Waals surface area contributed by atoms with Crippen LogP contribution in [0.25, 0.3) is 0 Å². The number of nitrogens with zero attached hydrogens (tertiary/aromatic N) is 3. The van der Waals surface area contributed by atoms with E-state index >= 15 is 0 Å². The lowest BCUT2D eigenvalue weighted by Crippen LogP contribution is -2.47. The molecule has 0 aliphatic carbocycles. The van der Waals surface area contributed by atoms with Crippen LogP contribution < -0.4 is 20.8 Å². The van der Waals surface area contributed by atoms with Crippen LogP contribution >= 0.6 is 0 Å². The van der Waals surface area contributed by atoms with Crippen molar-refractivity contribution in [2.75, 3.05) is 13.6 Å². The number of fused-ring (bicyclic) bond motifs is 1. The highest BCUT2D eigenvalue weighted by Gasteiger charge is 2.36. The van der Waals surface area contributed by atoms with Crippen molar-refractivity contribution in [3.63, 3.8) is 0 Å². The molecule has 0 saturated heterocycles. The largest absolute Gasteiger partial charge is 0.850 e. The van der Waals surface area contributed by atoms with Crippen molar-refractivity contribution in [1.29, 1.82) is 0 Å². The molecule has 1 aliphatic rings. The van der Waals surface area contributed by atoms with E-state index < -0.39 is 11.3 Å². The second kappa shape index (κ2) is 7.25. The Labute approximate surface area is 148 Å². The lowest BCUT2D eigenvalue weighted by molar-refractivity contribution is -0.467. The first-order valence-electron chi connectivity index (χ1n) is 8.98. The molecule has 0 fully saturated rings. The third-order valence-corrected chi connectivity index (χ3v) is 5.01. The second-order valence-electron chi connectivity index (χ2n) is 8.13. The van der Waals surface area contributed by atoms with Crippen molar-refractivity contribution in [2.45, 2.75) is 58.5 Å². The van der Waals surface area contributed by atoms with E-state index in [1.54, 1.807) is 27.2 Å². The molecular weight excluding hydrogens is 320 g/mol.